The van der Waals surface area contributed by atoms with Gasteiger partial charge in [0, 0.05) is 11.7 Å². The van der Waals surface area contributed by atoms with E-state index in [4.69, 9.17) is 0 Å². The van der Waals surface area contributed by atoms with Crippen LogP contribution in [0.3, 0.4) is 0 Å². The summed E-state index contributed by atoms with van der Waals surface area (Å²) in [4.78, 5) is 12.2. The molecule has 2 rings (SSSR count). The molecule has 2 aromatic carbocycles. The predicted octanol–water partition coefficient (Wildman–Crippen LogP) is 4.50. The summed E-state index contributed by atoms with van der Waals surface area (Å²) in [6.45, 7) is 6.38. The lowest BCUT2D eigenvalue weighted by atomic mass is 10.0. The third-order valence-electron chi connectivity index (χ3n) is 4.52. The summed E-state index contributed by atoms with van der Waals surface area (Å²) in [6.07, 6.45) is 3.42. The van der Waals surface area contributed by atoms with Crippen molar-refractivity contribution in [2.45, 2.75) is 57.4 Å². The van der Waals surface area contributed by atoms with E-state index in [1.165, 1.54) is 12.1 Å². The standard InChI is InChI=1S/C22H29FN2O3S/c1-16(2)5-4-6-17(3)24-22(26)15-18-7-11-20(12-8-18)25-29(27,28)21-13-9-19(23)10-14-21/h7-14,16-17,25H,4-6,15H2,1-3H3,(H,24,26)/t17-/m0/s1. The summed E-state index contributed by atoms with van der Waals surface area (Å²) in [7, 11) is -3.79. The lowest BCUT2D eigenvalue weighted by Crippen LogP contribution is -2.33. The SMILES string of the molecule is CC(C)CCC[C@H](C)NC(=O)Cc1ccc(NS(=O)(=O)c2ccc(F)cc2)cc1. The highest BCUT2D eigenvalue weighted by Gasteiger charge is 2.14. The molecule has 1 amide bonds. The van der Waals surface area contributed by atoms with Gasteiger partial charge in [0.1, 0.15) is 5.82 Å². The molecule has 0 saturated heterocycles. The minimum Gasteiger partial charge on any atom is -0.353 e. The van der Waals surface area contributed by atoms with Crippen LogP contribution in [0.1, 0.15) is 45.6 Å². The van der Waals surface area contributed by atoms with E-state index >= 15 is 0 Å². The maximum atomic E-state index is 13.0. The molecule has 0 aliphatic rings. The molecule has 0 aliphatic heterocycles. The van der Waals surface area contributed by atoms with Crippen LogP contribution in [-0.2, 0) is 21.2 Å². The second-order valence-corrected chi connectivity index (χ2v) is 9.41. The van der Waals surface area contributed by atoms with Gasteiger partial charge in [-0.25, -0.2) is 12.8 Å². The molecule has 1 atom stereocenters. The number of nitrogens with one attached hydrogen (secondary N) is 2. The summed E-state index contributed by atoms with van der Waals surface area (Å²) in [6, 6.07) is 11.4. The van der Waals surface area contributed by atoms with E-state index in [1.54, 1.807) is 24.3 Å². The molecular weight excluding hydrogens is 391 g/mol. The van der Waals surface area contributed by atoms with Crippen LogP contribution < -0.4 is 10.0 Å². The number of carbonyl (C=O) groups is 1. The molecule has 0 spiro atoms. The van der Waals surface area contributed by atoms with Gasteiger partial charge in [0.2, 0.25) is 5.91 Å². The van der Waals surface area contributed by atoms with Crippen LogP contribution in [0.5, 0.6) is 0 Å². The number of carbonyl (C=O) groups excluding carboxylic acids is 1. The molecule has 0 unspecified atom stereocenters. The minimum absolute atomic E-state index is 0.0196. The van der Waals surface area contributed by atoms with Gasteiger partial charge < -0.3 is 5.32 Å². The molecule has 0 radical (unpaired) electrons. The highest BCUT2D eigenvalue weighted by Crippen LogP contribution is 2.17. The quantitative estimate of drug-likeness (QED) is 0.594. The topological polar surface area (TPSA) is 75.3 Å². The Kier molecular flexibility index (Phi) is 8.20. The molecule has 29 heavy (non-hydrogen) atoms. The molecule has 0 bridgehead atoms. The summed E-state index contributed by atoms with van der Waals surface area (Å²) in [5, 5.41) is 3.00. The molecule has 0 aliphatic carbocycles. The lowest BCUT2D eigenvalue weighted by molar-refractivity contribution is -0.121. The number of anilines is 1. The molecular formula is C22H29FN2O3S. The highest BCUT2D eigenvalue weighted by atomic mass is 32.2. The number of hydrogen-bond acceptors (Lipinski definition) is 3. The van der Waals surface area contributed by atoms with Crippen LogP contribution in [0.2, 0.25) is 0 Å². The van der Waals surface area contributed by atoms with Crippen molar-refractivity contribution >= 4 is 21.6 Å². The number of hydrogen-bond donors (Lipinski definition) is 2. The summed E-state index contributed by atoms with van der Waals surface area (Å²) < 4.78 is 40.1. The van der Waals surface area contributed by atoms with Crippen molar-refractivity contribution in [1.29, 1.82) is 0 Å². The molecule has 0 aromatic heterocycles. The van der Waals surface area contributed by atoms with Gasteiger partial charge >= 0.3 is 0 Å². The third kappa shape index (κ3) is 7.85. The van der Waals surface area contributed by atoms with E-state index in [9.17, 15) is 17.6 Å². The zero-order chi connectivity index (χ0) is 21.4. The Labute approximate surface area is 172 Å². The van der Waals surface area contributed by atoms with Gasteiger partial charge in [-0.05, 0) is 61.2 Å². The van der Waals surface area contributed by atoms with Crippen molar-refractivity contribution in [3.8, 4) is 0 Å². The first-order valence-corrected chi connectivity index (χ1v) is 11.3. The Morgan fingerprint density at radius 1 is 0.966 bits per heavy atom. The summed E-state index contributed by atoms with van der Waals surface area (Å²) >= 11 is 0. The fraction of sp³-hybridized carbons (Fsp3) is 0.409. The van der Waals surface area contributed by atoms with Gasteiger partial charge in [-0.3, -0.25) is 9.52 Å². The van der Waals surface area contributed by atoms with E-state index in [2.05, 4.69) is 23.9 Å². The molecule has 158 valence electrons. The van der Waals surface area contributed by atoms with Gasteiger partial charge in [0.05, 0.1) is 11.3 Å². The first-order chi connectivity index (χ1) is 13.7. The number of benzene rings is 2. The minimum atomic E-state index is -3.79. The largest absolute Gasteiger partial charge is 0.353 e. The Hall–Kier alpha value is -2.41. The molecule has 2 aromatic rings. The van der Waals surface area contributed by atoms with Crippen molar-refractivity contribution in [2.24, 2.45) is 5.92 Å². The van der Waals surface area contributed by atoms with Gasteiger partial charge in [0.15, 0.2) is 0 Å². The maximum Gasteiger partial charge on any atom is 0.261 e. The number of rotatable bonds is 10. The Bertz CT molecular complexity index is 895. The van der Waals surface area contributed by atoms with Crippen LogP contribution in [-0.4, -0.2) is 20.4 Å². The monoisotopic (exact) mass is 420 g/mol. The van der Waals surface area contributed by atoms with E-state index in [0.29, 0.717) is 11.6 Å². The predicted molar refractivity (Wildman–Crippen MR) is 114 cm³/mol. The highest BCUT2D eigenvalue weighted by molar-refractivity contribution is 7.92. The first-order valence-electron chi connectivity index (χ1n) is 9.82. The van der Waals surface area contributed by atoms with Gasteiger partial charge in [-0.15, -0.1) is 0 Å². The molecule has 0 saturated carbocycles. The molecule has 2 N–H and O–H groups in total. The number of sulfonamides is 1. The average Bonchev–Trinajstić information content (AvgIpc) is 2.63. The maximum absolute atomic E-state index is 13.0. The number of halogens is 1. The van der Waals surface area contributed by atoms with Gasteiger partial charge in [-0.2, -0.15) is 0 Å². The second kappa shape index (κ2) is 10.4. The van der Waals surface area contributed by atoms with E-state index in [0.717, 1.165) is 37.0 Å². The van der Waals surface area contributed by atoms with E-state index in [-0.39, 0.29) is 23.3 Å². The van der Waals surface area contributed by atoms with Crippen LogP contribution >= 0.6 is 0 Å². The van der Waals surface area contributed by atoms with E-state index < -0.39 is 15.8 Å². The van der Waals surface area contributed by atoms with Crippen molar-refractivity contribution in [3.05, 3.63) is 59.9 Å². The summed E-state index contributed by atoms with van der Waals surface area (Å²) in [5.41, 5.74) is 1.17. The van der Waals surface area contributed by atoms with Crippen molar-refractivity contribution in [3.63, 3.8) is 0 Å². The zero-order valence-electron chi connectivity index (χ0n) is 17.1. The van der Waals surface area contributed by atoms with Gasteiger partial charge in [-0.1, -0.05) is 38.8 Å². The zero-order valence-corrected chi connectivity index (χ0v) is 17.9. The van der Waals surface area contributed by atoms with Crippen LogP contribution in [0.15, 0.2) is 53.4 Å². The Morgan fingerprint density at radius 2 is 1.59 bits per heavy atom. The first kappa shape index (κ1) is 22.9. The smallest absolute Gasteiger partial charge is 0.261 e. The Morgan fingerprint density at radius 3 is 2.17 bits per heavy atom. The van der Waals surface area contributed by atoms with Crippen molar-refractivity contribution in [2.75, 3.05) is 4.72 Å². The lowest BCUT2D eigenvalue weighted by Gasteiger charge is -2.15. The molecule has 5 nitrogen and oxygen atoms in total. The molecule has 0 fully saturated rings. The number of amides is 1. The van der Waals surface area contributed by atoms with Crippen molar-refractivity contribution in [1.82, 2.24) is 5.32 Å². The Balaban J connectivity index is 1.88. The molecule has 0 heterocycles. The average molecular weight is 421 g/mol. The third-order valence-corrected chi connectivity index (χ3v) is 5.92. The van der Waals surface area contributed by atoms with E-state index in [1.807, 2.05) is 6.92 Å². The van der Waals surface area contributed by atoms with Crippen LogP contribution in [0.4, 0.5) is 10.1 Å². The fourth-order valence-corrected chi connectivity index (χ4v) is 3.99. The van der Waals surface area contributed by atoms with Crippen LogP contribution in [0.25, 0.3) is 0 Å². The second-order valence-electron chi connectivity index (χ2n) is 7.73. The normalized spacial score (nSPS) is 12.6. The van der Waals surface area contributed by atoms with Crippen LogP contribution in [0, 0.1) is 11.7 Å². The summed E-state index contributed by atoms with van der Waals surface area (Å²) in [5.74, 6) is 0.111. The fourth-order valence-electron chi connectivity index (χ4n) is 2.93. The van der Waals surface area contributed by atoms with Crippen molar-refractivity contribution < 1.29 is 17.6 Å². The van der Waals surface area contributed by atoms with Gasteiger partial charge in [0.25, 0.3) is 10.0 Å². The molecule has 7 heteroatoms.